The molecule has 1 aliphatic carbocycles. The minimum atomic E-state index is -0.0902. The van der Waals surface area contributed by atoms with E-state index in [9.17, 15) is 9.59 Å². The average Bonchev–Trinajstić information content (AvgIpc) is 3.29. The van der Waals surface area contributed by atoms with Crippen molar-refractivity contribution < 1.29 is 9.59 Å². The van der Waals surface area contributed by atoms with Crippen LogP contribution in [0, 0.1) is 6.92 Å². The summed E-state index contributed by atoms with van der Waals surface area (Å²) in [5.74, 6) is 0.556. The third-order valence-electron chi connectivity index (χ3n) is 5.16. The van der Waals surface area contributed by atoms with Gasteiger partial charge in [0.05, 0.1) is 5.56 Å². The number of hydrogen-bond donors (Lipinski definition) is 1. The maximum atomic E-state index is 12.7. The standard InChI is InChI=1S/C19H21N3O2/c1-11-16(9-17(22(11)3)12-4-5-12)18(23)20-14-6-7-15-13(8-14)10-21(2)19(15)24/h6-9,12H,4-5,10H2,1-3H3,(H,20,23). The van der Waals surface area contributed by atoms with Crippen LogP contribution < -0.4 is 5.32 Å². The van der Waals surface area contributed by atoms with Crippen LogP contribution in [0.2, 0.25) is 0 Å². The number of rotatable bonds is 3. The molecule has 0 bridgehead atoms. The van der Waals surface area contributed by atoms with E-state index in [-0.39, 0.29) is 11.8 Å². The van der Waals surface area contributed by atoms with Crippen LogP contribution in [0.3, 0.4) is 0 Å². The lowest BCUT2D eigenvalue weighted by molar-refractivity contribution is 0.0816. The predicted molar refractivity (Wildman–Crippen MR) is 92.3 cm³/mol. The van der Waals surface area contributed by atoms with Crippen molar-refractivity contribution in [2.45, 2.75) is 32.2 Å². The quantitative estimate of drug-likeness (QED) is 0.944. The average molecular weight is 323 g/mol. The third kappa shape index (κ3) is 2.31. The predicted octanol–water partition coefficient (Wildman–Crippen LogP) is 3.05. The van der Waals surface area contributed by atoms with Gasteiger partial charge in [-0.2, -0.15) is 0 Å². The van der Waals surface area contributed by atoms with E-state index in [0.717, 1.165) is 28.1 Å². The lowest BCUT2D eigenvalue weighted by atomic mass is 10.1. The van der Waals surface area contributed by atoms with Crippen molar-refractivity contribution in [3.8, 4) is 0 Å². The molecule has 2 aromatic rings. The number of anilines is 1. The highest BCUT2D eigenvalue weighted by Crippen LogP contribution is 2.41. The molecule has 0 atom stereocenters. The van der Waals surface area contributed by atoms with Gasteiger partial charge in [-0.1, -0.05) is 0 Å². The van der Waals surface area contributed by atoms with Crippen LogP contribution in [0.25, 0.3) is 0 Å². The molecule has 2 heterocycles. The number of benzene rings is 1. The summed E-state index contributed by atoms with van der Waals surface area (Å²) >= 11 is 0. The van der Waals surface area contributed by atoms with Crippen molar-refractivity contribution in [3.05, 3.63) is 52.3 Å². The van der Waals surface area contributed by atoms with Gasteiger partial charge in [-0.05, 0) is 55.5 Å². The highest BCUT2D eigenvalue weighted by molar-refractivity contribution is 6.06. The SMILES string of the molecule is Cc1c(C(=O)Nc2ccc3c(c2)CN(C)C3=O)cc(C2CC2)n1C. The van der Waals surface area contributed by atoms with E-state index in [1.165, 1.54) is 18.5 Å². The summed E-state index contributed by atoms with van der Waals surface area (Å²) in [5.41, 5.74) is 5.39. The Morgan fingerprint density at radius 2 is 1.96 bits per heavy atom. The highest BCUT2D eigenvalue weighted by atomic mass is 16.2. The van der Waals surface area contributed by atoms with Gasteiger partial charge < -0.3 is 14.8 Å². The topological polar surface area (TPSA) is 54.3 Å². The Balaban J connectivity index is 1.58. The summed E-state index contributed by atoms with van der Waals surface area (Å²) in [6.45, 7) is 2.57. The number of nitrogens with one attached hydrogen (secondary N) is 1. The third-order valence-corrected chi connectivity index (χ3v) is 5.16. The zero-order chi connectivity index (χ0) is 17.0. The molecule has 0 saturated heterocycles. The van der Waals surface area contributed by atoms with Crippen molar-refractivity contribution >= 4 is 17.5 Å². The van der Waals surface area contributed by atoms with Crippen molar-refractivity contribution in [1.82, 2.24) is 9.47 Å². The second-order valence-corrected chi connectivity index (χ2v) is 6.89. The fourth-order valence-electron chi connectivity index (χ4n) is 3.47. The first-order chi connectivity index (χ1) is 11.5. The van der Waals surface area contributed by atoms with E-state index in [4.69, 9.17) is 0 Å². The highest BCUT2D eigenvalue weighted by Gasteiger charge is 2.29. The normalized spacial score (nSPS) is 16.5. The van der Waals surface area contributed by atoms with Crippen LogP contribution >= 0.6 is 0 Å². The molecule has 124 valence electrons. The molecular weight excluding hydrogens is 302 g/mol. The molecule has 1 aromatic heterocycles. The first-order valence-corrected chi connectivity index (χ1v) is 8.31. The summed E-state index contributed by atoms with van der Waals surface area (Å²) < 4.78 is 2.13. The van der Waals surface area contributed by atoms with Crippen molar-refractivity contribution in [2.75, 3.05) is 12.4 Å². The van der Waals surface area contributed by atoms with E-state index in [2.05, 4.69) is 9.88 Å². The van der Waals surface area contributed by atoms with Gasteiger partial charge in [-0.3, -0.25) is 9.59 Å². The Hall–Kier alpha value is -2.56. The Morgan fingerprint density at radius 1 is 1.21 bits per heavy atom. The first kappa shape index (κ1) is 15.0. The molecule has 2 aliphatic rings. The number of hydrogen-bond acceptors (Lipinski definition) is 2. The Labute approximate surface area is 141 Å². The van der Waals surface area contributed by atoms with E-state index >= 15 is 0 Å². The van der Waals surface area contributed by atoms with E-state index in [1.807, 2.05) is 26.1 Å². The summed E-state index contributed by atoms with van der Waals surface area (Å²) in [4.78, 5) is 26.3. The molecule has 1 N–H and O–H groups in total. The molecule has 24 heavy (non-hydrogen) atoms. The van der Waals surface area contributed by atoms with Crippen LogP contribution in [0.4, 0.5) is 5.69 Å². The van der Waals surface area contributed by atoms with Crippen LogP contribution in [0.5, 0.6) is 0 Å². The number of aromatic nitrogens is 1. The summed E-state index contributed by atoms with van der Waals surface area (Å²) in [6, 6.07) is 7.51. The summed E-state index contributed by atoms with van der Waals surface area (Å²) in [6.07, 6.45) is 2.43. The number of carbonyl (C=O) groups is 2. The van der Waals surface area contributed by atoms with Crippen molar-refractivity contribution in [2.24, 2.45) is 7.05 Å². The Morgan fingerprint density at radius 3 is 2.67 bits per heavy atom. The smallest absolute Gasteiger partial charge is 0.257 e. The summed E-state index contributed by atoms with van der Waals surface area (Å²) in [5, 5.41) is 2.98. The lowest BCUT2D eigenvalue weighted by Gasteiger charge is -2.07. The van der Waals surface area contributed by atoms with Gasteiger partial charge in [0.25, 0.3) is 11.8 Å². The second kappa shape index (κ2) is 5.23. The van der Waals surface area contributed by atoms with Crippen molar-refractivity contribution in [1.29, 1.82) is 0 Å². The van der Waals surface area contributed by atoms with E-state index in [0.29, 0.717) is 12.5 Å². The van der Waals surface area contributed by atoms with Crippen LogP contribution in [0.15, 0.2) is 24.3 Å². The van der Waals surface area contributed by atoms with Gasteiger partial charge in [-0.15, -0.1) is 0 Å². The minimum absolute atomic E-state index is 0.0378. The molecule has 1 aromatic carbocycles. The van der Waals surface area contributed by atoms with E-state index < -0.39 is 0 Å². The van der Waals surface area contributed by atoms with Gasteiger partial charge in [0.1, 0.15) is 0 Å². The minimum Gasteiger partial charge on any atom is -0.351 e. The fraction of sp³-hybridized carbons (Fsp3) is 0.368. The van der Waals surface area contributed by atoms with Gasteiger partial charge in [0.15, 0.2) is 0 Å². The largest absolute Gasteiger partial charge is 0.351 e. The molecule has 5 nitrogen and oxygen atoms in total. The molecule has 0 radical (unpaired) electrons. The van der Waals surface area contributed by atoms with Gasteiger partial charge in [-0.25, -0.2) is 0 Å². The number of carbonyl (C=O) groups excluding carboxylic acids is 2. The molecule has 2 amide bonds. The lowest BCUT2D eigenvalue weighted by Crippen LogP contribution is -2.17. The molecule has 1 aliphatic heterocycles. The Bertz CT molecular complexity index is 862. The molecule has 5 heteroatoms. The molecule has 1 saturated carbocycles. The molecule has 4 rings (SSSR count). The summed E-state index contributed by atoms with van der Waals surface area (Å²) in [7, 11) is 3.81. The van der Waals surface area contributed by atoms with Crippen LogP contribution in [0.1, 0.15) is 56.4 Å². The van der Waals surface area contributed by atoms with Crippen LogP contribution in [-0.4, -0.2) is 28.3 Å². The van der Waals surface area contributed by atoms with Gasteiger partial charge >= 0.3 is 0 Å². The van der Waals surface area contributed by atoms with Gasteiger partial charge in [0, 0.05) is 43.3 Å². The zero-order valence-electron chi connectivity index (χ0n) is 14.2. The number of amides is 2. The monoisotopic (exact) mass is 323 g/mol. The first-order valence-electron chi connectivity index (χ1n) is 8.31. The molecule has 1 fully saturated rings. The maximum Gasteiger partial charge on any atom is 0.257 e. The fourth-order valence-corrected chi connectivity index (χ4v) is 3.47. The molecule has 0 spiro atoms. The van der Waals surface area contributed by atoms with E-state index in [1.54, 1.807) is 24.1 Å². The van der Waals surface area contributed by atoms with Crippen molar-refractivity contribution in [3.63, 3.8) is 0 Å². The number of nitrogens with zero attached hydrogens (tertiary/aromatic N) is 2. The van der Waals surface area contributed by atoms with Crippen LogP contribution in [-0.2, 0) is 13.6 Å². The molecule has 0 unspecified atom stereocenters. The number of fused-ring (bicyclic) bond motifs is 1. The van der Waals surface area contributed by atoms with Gasteiger partial charge in [0.2, 0.25) is 0 Å². The maximum absolute atomic E-state index is 12.7. The second-order valence-electron chi connectivity index (χ2n) is 6.89. The Kier molecular flexibility index (Phi) is 3.27. The zero-order valence-corrected chi connectivity index (χ0v) is 14.2. The molecular formula is C19H21N3O2.